The van der Waals surface area contributed by atoms with Gasteiger partial charge in [-0.2, -0.15) is 0 Å². The molecule has 2 aromatic rings. The Hall–Kier alpha value is -3.15. The van der Waals surface area contributed by atoms with Gasteiger partial charge < -0.3 is 23.7 Å². The molecule has 1 aliphatic heterocycles. The van der Waals surface area contributed by atoms with Crippen LogP contribution in [0.5, 0.6) is 28.7 Å². The molecule has 27 heavy (non-hydrogen) atoms. The number of hydrogen-bond donors (Lipinski definition) is 0. The first-order chi connectivity index (χ1) is 13.1. The van der Waals surface area contributed by atoms with Gasteiger partial charge >= 0.3 is 0 Å². The van der Waals surface area contributed by atoms with E-state index in [4.69, 9.17) is 23.7 Å². The number of ether oxygens (including phenoxy) is 5. The molecule has 0 spiro atoms. The molecule has 0 aromatic heterocycles. The smallest absolute Gasteiger partial charge is 0.231 e. The average molecular weight is 370 g/mol. The van der Waals surface area contributed by atoms with Crippen LogP contribution in [0, 0.1) is 0 Å². The number of rotatable bonds is 8. The summed E-state index contributed by atoms with van der Waals surface area (Å²) in [5.74, 6) is 2.37. The van der Waals surface area contributed by atoms with Gasteiger partial charge in [-0.25, -0.2) is 0 Å². The number of carbonyl (C=O) groups excluding carboxylic acids is 1. The van der Waals surface area contributed by atoms with Crippen LogP contribution in [0.4, 0.5) is 0 Å². The number of hydrogen-bond acceptors (Lipinski definition) is 6. The third kappa shape index (κ3) is 3.84. The zero-order chi connectivity index (χ0) is 19.4. The van der Waals surface area contributed by atoms with E-state index in [1.807, 2.05) is 12.1 Å². The lowest BCUT2D eigenvalue weighted by Gasteiger charge is -2.19. The van der Waals surface area contributed by atoms with E-state index in [2.05, 4.69) is 6.58 Å². The minimum absolute atomic E-state index is 0.157. The van der Waals surface area contributed by atoms with E-state index < -0.39 is 6.10 Å². The van der Waals surface area contributed by atoms with Crippen molar-refractivity contribution in [3.63, 3.8) is 0 Å². The molecule has 6 nitrogen and oxygen atoms in total. The van der Waals surface area contributed by atoms with Crippen LogP contribution in [-0.4, -0.2) is 32.9 Å². The zero-order valence-corrected chi connectivity index (χ0v) is 15.6. The van der Waals surface area contributed by atoms with Crippen LogP contribution in [0.3, 0.4) is 0 Å². The Balaban J connectivity index is 1.85. The van der Waals surface area contributed by atoms with Crippen LogP contribution in [-0.2, 0) is 6.42 Å². The van der Waals surface area contributed by atoms with Crippen molar-refractivity contribution in [2.45, 2.75) is 19.4 Å². The van der Waals surface area contributed by atoms with E-state index in [9.17, 15) is 4.79 Å². The average Bonchev–Trinajstić information content (AvgIpc) is 3.16. The maximum absolute atomic E-state index is 12.8. The summed E-state index contributed by atoms with van der Waals surface area (Å²) in [6.07, 6.45) is 1.71. The van der Waals surface area contributed by atoms with Crippen molar-refractivity contribution < 1.29 is 28.5 Å². The summed E-state index contributed by atoms with van der Waals surface area (Å²) in [5, 5.41) is 0. The molecule has 0 fully saturated rings. The number of allylic oxidation sites excluding steroid dienone is 1. The van der Waals surface area contributed by atoms with Gasteiger partial charge in [0.2, 0.25) is 18.3 Å². The fourth-order valence-corrected chi connectivity index (χ4v) is 2.85. The van der Waals surface area contributed by atoms with Gasteiger partial charge in [0.25, 0.3) is 0 Å². The fraction of sp³-hybridized carbons (Fsp3) is 0.286. The van der Waals surface area contributed by atoms with Gasteiger partial charge in [-0.1, -0.05) is 6.08 Å². The highest BCUT2D eigenvalue weighted by molar-refractivity contribution is 6.00. The van der Waals surface area contributed by atoms with Crippen LogP contribution in [0.1, 0.15) is 22.8 Å². The molecule has 0 saturated carbocycles. The topological polar surface area (TPSA) is 63.2 Å². The Labute approximate surface area is 158 Å². The second kappa shape index (κ2) is 8.03. The van der Waals surface area contributed by atoms with E-state index in [-0.39, 0.29) is 12.6 Å². The predicted molar refractivity (Wildman–Crippen MR) is 100 cm³/mol. The maximum Gasteiger partial charge on any atom is 0.231 e. The monoisotopic (exact) mass is 370 g/mol. The number of fused-ring (bicyclic) bond motifs is 1. The Morgan fingerprint density at radius 3 is 2.44 bits per heavy atom. The van der Waals surface area contributed by atoms with Gasteiger partial charge in [0.15, 0.2) is 29.1 Å². The number of benzene rings is 2. The third-order valence-corrected chi connectivity index (χ3v) is 4.22. The highest BCUT2D eigenvalue weighted by Crippen LogP contribution is 2.40. The summed E-state index contributed by atoms with van der Waals surface area (Å²) in [6, 6.07) is 8.76. The lowest BCUT2D eigenvalue weighted by molar-refractivity contribution is 0.0809. The fourth-order valence-electron chi connectivity index (χ4n) is 2.85. The van der Waals surface area contributed by atoms with Crippen LogP contribution in [0.2, 0.25) is 0 Å². The molecular formula is C21H22O6. The van der Waals surface area contributed by atoms with Crippen molar-refractivity contribution in [2.24, 2.45) is 0 Å². The molecule has 1 unspecified atom stereocenters. The Morgan fingerprint density at radius 2 is 1.81 bits per heavy atom. The van der Waals surface area contributed by atoms with Crippen LogP contribution < -0.4 is 23.7 Å². The lowest BCUT2D eigenvalue weighted by atomic mass is 10.1. The quantitative estimate of drug-likeness (QED) is 0.520. The van der Waals surface area contributed by atoms with Gasteiger partial charge in [0, 0.05) is 5.56 Å². The number of Topliss-reactive ketones (excluding diaryl/α,β-unsaturated/α-hetero) is 1. The minimum atomic E-state index is -0.751. The van der Waals surface area contributed by atoms with E-state index in [0.29, 0.717) is 40.7 Å². The first-order valence-corrected chi connectivity index (χ1v) is 8.53. The molecule has 0 amide bonds. The Bertz CT molecular complexity index is 833. The first-order valence-electron chi connectivity index (χ1n) is 8.53. The molecular weight excluding hydrogens is 348 g/mol. The van der Waals surface area contributed by atoms with Crippen molar-refractivity contribution in [2.75, 3.05) is 21.0 Å². The van der Waals surface area contributed by atoms with Crippen LogP contribution >= 0.6 is 0 Å². The molecule has 142 valence electrons. The van der Waals surface area contributed by atoms with E-state index in [0.717, 1.165) is 5.56 Å². The molecule has 1 atom stereocenters. The Morgan fingerprint density at radius 1 is 1.15 bits per heavy atom. The van der Waals surface area contributed by atoms with Crippen molar-refractivity contribution in [1.82, 2.24) is 0 Å². The van der Waals surface area contributed by atoms with Gasteiger partial charge in [-0.05, 0) is 49.2 Å². The van der Waals surface area contributed by atoms with Gasteiger partial charge in [-0.15, -0.1) is 6.58 Å². The SMILES string of the molecule is C=CCc1cc(OC)c(OC(C)C(=O)c2ccc3c(c2)OCO3)c(OC)c1. The second-order valence-corrected chi connectivity index (χ2v) is 6.01. The molecule has 0 N–H and O–H groups in total. The highest BCUT2D eigenvalue weighted by Gasteiger charge is 2.24. The number of methoxy groups -OCH3 is 2. The van der Waals surface area contributed by atoms with E-state index in [1.165, 1.54) is 0 Å². The molecule has 0 aliphatic carbocycles. The van der Waals surface area contributed by atoms with Crippen molar-refractivity contribution in [1.29, 1.82) is 0 Å². The van der Waals surface area contributed by atoms with Crippen LogP contribution in [0.25, 0.3) is 0 Å². The van der Waals surface area contributed by atoms with Crippen molar-refractivity contribution >= 4 is 5.78 Å². The maximum atomic E-state index is 12.8. The molecule has 2 aromatic carbocycles. The zero-order valence-electron chi connectivity index (χ0n) is 15.6. The standard InChI is InChI=1S/C21H22O6/c1-5-6-14-9-18(23-3)21(19(10-14)24-4)27-13(2)20(22)15-7-8-16-17(11-15)26-12-25-16/h5,7-11,13H,1,6,12H2,2-4H3. The molecule has 1 heterocycles. The van der Waals surface area contributed by atoms with Gasteiger partial charge in [0.1, 0.15) is 0 Å². The third-order valence-electron chi connectivity index (χ3n) is 4.22. The first kappa shape index (κ1) is 18.6. The number of carbonyl (C=O) groups is 1. The summed E-state index contributed by atoms with van der Waals surface area (Å²) in [6.45, 7) is 5.58. The highest BCUT2D eigenvalue weighted by atomic mass is 16.7. The minimum Gasteiger partial charge on any atom is -0.493 e. The Kier molecular flexibility index (Phi) is 5.54. The van der Waals surface area contributed by atoms with E-state index in [1.54, 1.807) is 45.4 Å². The predicted octanol–water partition coefficient (Wildman–Crippen LogP) is 3.81. The summed E-state index contributed by atoms with van der Waals surface area (Å²) >= 11 is 0. The summed E-state index contributed by atoms with van der Waals surface area (Å²) in [5.41, 5.74) is 1.45. The lowest BCUT2D eigenvalue weighted by Crippen LogP contribution is -2.24. The van der Waals surface area contributed by atoms with Crippen molar-refractivity contribution in [3.8, 4) is 28.7 Å². The normalized spacial score (nSPS) is 13.0. The summed E-state index contributed by atoms with van der Waals surface area (Å²) < 4.78 is 27.4. The molecule has 0 bridgehead atoms. The molecule has 1 aliphatic rings. The van der Waals surface area contributed by atoms with E-state index >= 15 is 0 Å². The summed E-state index contributed by atoms with van der Waals surface area (Å²) in [7, 11) is 3.09. The van der Waals surface area contributed by atoms with Crippen LogP contribution in [0.15, 0.2) is 43.0 Å². The summed E-state index contributed by atoms with van der Waals surface area (Å²) in [4.78, 5) is 12.8. The molecule has 0 saturated heterocycles. The molecule has 3 rings (SSSR count). The van der Waals surface area contributed by atoms with Crippen molar-refractivity contribution in [3.05, 3.63) is 54.1 Å². The largest absolute Gasteiger partial charge is 0.493 e. The molecule has 6 heteroatoms. The van der Waals surface area contributed by atoms with Gasteiger partial charge in [-0.3, -0.25) is 4.79 Å². The number of ketones is 1. The van der Waals surface area contributed by atoms with Gasteiger partial charge in [0.05, 0.1) is 14.2 Å². The molecule has 0 radical (unpaired) electrons. The second-order valence-electron chi connectivity index (χ2n) is 6.01.